The maximum Gasteiger partial charge on any atom is 0.125 e. The van der Waals surface area contributed by atoms with Crippen LogP contribution in [0.2, 0.25) is 0 Å². The van der Waals surface area contributed by atoms with Crippen molar-refractivity contribution in [1.82, 2.24) is 0 Å². The van der Waals surface area contributed by atoms with E-state index in [9.17, 15) is 0 Å². The summed E-state index contributed by atoms with van der Waals surface area (Å²) in [5.41, 5.74) is 1.19. The topological polar surface area (TPSA) is 0 Å². The highest BCUT2D eigenvalue weighted by Crippen LogP contribution is 2.59. The van der Waals surface area contributed by atoms with Crippen molar-refractivity contribution in [3.05, 3.63) is 29.8 Å². The van der Waals surface area contributed by atoms with Crippen LogP contribution >= 0.6 is 35.8 Å². The molecule has 1 aliphatic carbocycles. The Hall–Kier alpha value is 0.150. The molecule has 0 spiro atoms. The highest BCUT2D eigenvalue weighted by molar-refractivity contribution is 7.80. The Morgan fingerprint density at radius 2 is 2.08 bits per heavy atom. The van der Waals surface area contributed by atoms with Gasteiger partial charge >= 0.3 is 0 Å². The van der Waals surface area contributed by atoms with E-state index in [1.807, 2.05) is 24.3 Å². The van der Waals surface area contributed by atoms with Crippen LogP contribution in [0.4, 0.5) is 0 Å². The van der Waals surface area contributed by atoms with Crippen molar-refractivity contribution in [2.24, 2.45) is 0 Å². The van der Waals surface area contributed by atoms with Crippen molar-refractivity contribution in [2.75, 3.05) is 0 Å². The molecule has 0 aliphatic heterocycles. The molecule has 1 aromatic rings. The Kier molecular flexibility index (Phi) is 2.06. The van der Waals surface area contributed by atoms with E-state index in [1.54, 1.807) is 0 Å². The van der Waals surface area contributed by atoms with Crippen molar-refractivity contribution in [2.45, 2.75) is 21.6 Å². The highest BCUT2D eigenvalue weighted by atomic mass is 35.5. The second kappa shape index (κ2) is 2.83. The first-order chi connectivity index (χ1) is 5.59. The molecule has 0 heterocycles. The number of halogens is 2. The molecule has 3 heteroatoms. The molecule has 1 aliphatic rings. The SMILES string of the molecule is Sc1cccc([C@H]2CC2(Cl)Cl)c1. The number of hydrogen-bond donors (Lipinski definition) is 1. The van der Waals surface area contributed by atoms with Gasteiger partial charge in [-0.15, -0.1) is 35.8 Å². The minimum Gasteiger partial charge on any atom is -0.143 e. The monoisotopic (exact) mass is 218 g/mol. The second-order valence-corrected chi connectivity index (χ2v) is 5.17. The predicted octanol–water partition coefficient (Wildman–Crippen LogP) is 3.64. The third-order valence-corrected chi connectivity index (χ3v) is 3.21. The van der Waals surface area contributed by atoms with Gasteiger partial charge < -0.3 is 0 Å². The molecule has 1 aromatic carbocycles. The fourth-order valence-corrected chi connectivity index (χ4v) is 2.11. The maximum absolute atomic E-state index is 5.93. The van der Waals surface area contributed by atoms with Gasteiger partial charge in [0.1, 0.15) is 4.33 Å². The van der Waals surface area contributed by atoms with Gasteiger partial charge in [0.15, 0.2) is 0 Å². The van der Waals surface area contributed by atoms with Gasteiger partial charge in [-0.05, 0) is 24.1 Å². The first-order valence-electron chi connectivity index (χ1n) is 3.76. The van der Waals surface area contributed by atoms with E-state index in [0.29, 0.717) is 5.92 Å². The van der Waals surface area contributed by atoms with Gasteiger partial charge in [-0.1, -0.05) is 12.1 Å². The van der Waals surface area contributed by atoms with Crippen molar-refractivity contribution in [3.8, 4) is 0 Å². The molecular weight excluding hydrogens is 211 g/mol. The molecule has 0 radical (unpaired) electrons. The van der Waals surface area contributed by atoms with Crippen molar-refractivity contribution >= 4 is 35.8 Å². The quantitative estimate of drug-likeness (QED) is 0.541. The normalized spacial score (nSPS) is 25.4. The summed E-state index contributed by atoms with van der Waals surface area (Å²) in [6, 6.07) is 7.97. The molecule has 0 N–H and O–H groups in total. The van der Waals surface area contributed by atoms with Crippen LogP contribution in [0.25, 0.3) is 0 Å². The number of rotatable bonds is 1. The molecule has 0 nitrogen and oxygen atoms in total. The number of benzene rings is 1. The second-order valence-electron chi connectivity index (χ2n) is 3.11. The average Bonchev–Trinajstić information content (AvgIpc) is 2.60. The van der Waals surface area contributed by atoms with Crippen LogP contribution in [0.15, 0.2) is 29.2 Å². The van der Waals surface area contributed by atoms with Crippen LogP contribution in [0.3, 0.4) is 0 Å². The zero-order valence-electron chi connectivity index (χ0n) is 6.30. The number of thiol groups is 1. The van der Waals surface area contributed by atoms with Crippen molar-refractivity contribution < 1.29 is 0 Å². The lowest BCUT2D eigenvalue weighted by Crippen LogP contribution is -1.89. The summed E-state index contributed by atoms with van der Waals surface area (Å²) < 4.78 is -0.526. The van der Waals surface area contributed by atoms with Gasteiger partial charge in [-0.3, -0.25) is 0 Å². The summed E-state index contributed by atoms with van der Waals surface area (Å²) >= 11 is 16.1. The fraction of sp³-hybridized carbons (Fsp3) is 0.333. The van der Waals surface area contributed by atoms with E-state index in [-0.39, 0.29) is 0 Å². The summed E-state index contributed by atoms with van der Waals surface area (Å²) in [6.45, 7) is 0. The first-order valence-corrected chi connectivity index (χ1v) is 4.97. The van der Waals surface area contributed by atoms with Crippen LogP contribution in [0.1, 0.15) is 17.9 Å². The lowest BCUT2D eigenvalue weighted by molar-refractivity contribution is 1.09. The molecule has 0 unspecified atom stereocenters. The van der Waals surface area contributed by atoms with E-state index < -0.39 is 4.33 Å². The minimum absolute atomic E-state index is 0.299. The summed E-state index contributed by atoms with van der Waals surface area (Å²) in [5.74, 6) is 0.299. The standard InChI is InChI=1S/C9H8Cl2S/c10-9(11)5-8(9)6-2-1-3-7(12)4-6/h1-4,8,12H,5H2/t8-/m1/s1. The van der Waals surface area contributed by atoms with E-state index in [4.69, 9.17) is 23.2 Å². The fourth-order valence-electron chi connectivity index (χ4n) is 1.32. The molecule has 0 bridgehead atoms. The highest BCUT2D eigenvalue weighted by Gasteiger charge is 2.52. The van der Waals surface area contributed by atoms with Crippen LogP contribution < -0.4 is 0 Å². The molecule has 1 fully saturated rings. The third kappa shape index (κ3) is 1.59. The van der Waals surface area contributed by atoms with Gasteiger partial charge in [0.25, 0.3) is 0 Å². The molecule has 1 saturated carbocycles. The van der Waals surface area contributed by atoms with Crippen LogP contribution in [0.5, 0.6) is 0 Å². The van der Waals surface area contributed by atoms with Gasteiger partial charge in [0, 0.05) is 10.8 Å². The first kappa shape index (κ1) is 8.74. The van der Waals surface area contributed by atoms with Crippen molar-refractivity contribution in [3.63, 3.8) is 0 Å². The van der Waals surface area contributed by atoms with Crippen LogP contribution in [-0.2, 0) is 0 Å². The third-order valence-electron chi connectivity index (χ3n) is 2.10. The zero-order chi connectivity index (χ0) is 8.77. The number of alkyl halides is 2. The molecule has 0 saturated heterocycles. The predicted molar refractivity (Wildman–Crippen MR) is 55.5 cm³/mol. The Balaban J connectivity index is 2.26. The molecule has 64 valence electrons. The Bertz CT molecular complexity index is 309. The minimum atomic E-state index is -0.526. The van der Waals surface area contributed by atoms with Gasteiger partial charge in [-0.2, -0.15) is 0 Å². The molecule has 2 rings (SSSR count). The van der Waals surface area contributed by atoms with Gasteiger partial charge in [0.05, 0.1) is 0 Å². The lowest BCUT2D eigenvalue weighted by atomic mass is 10.1. The van der Waals surface area contributed by atoms with Gasteiger partial charge in [0.2, 0.25) is 0 Å². The zero-order valence-corrected chi connectivity index (χ0v) is 8.70. The van der Waals surface area contributed by atoms with Gasteiger partial charge in [-0.25, -0.2) is 0 Å². The molecule has 0 aromatic heterocycles. The smallest absolute Gasteiger partial charge is 0.125 e. The molecule has 12 heavy (non-hydrogen) atoms. The molecule has 1 atom stereocenters. The lowest BCUT2D eigenvalue weighted by Gasteiger charge is -2.00. The summed E-state index contributed by atoms with van der Waals surface area (Å²) in [4.78, 5) is 0.962. The van der Waals surface area contributed by atoms with Crippen molar-refractivity contribution in [1.29, 1.82) is 0 Å². The van der Waals surface area contributed by atoms with E-state index >= 15 is 0 Å². The number of hydrogen-bond acceptors (Lipinski definition) is 1. The summed E-state index contributed by atoms with van der Waals surface area (Å²) in [6.07, 6.45) is 0.855. The van der Waals surface area contributed by atoms with Crippen LogP contribution in [0, 0.1) is 0 Å². The maximum atomic E-state index is 5.93. The van der Waals surface area contributed by atoms with E-state index in [2.05, 4.69) is 12.6 Å². The average molecular weight is 219 g/mol. The molecule has 0 amide bonds. The summed E-state index contributed by atoms with van der Waals surface area (Å²) in [5, 5.41) is 0. The largest absolute Gasteiger partial charge is 0.143 e. The summed E-state index contributed by atoms with van der Waals surface area (Å²) in [7, 11) is 0. The molecular formula is C9H8Cl2S. The Morgan fingerprint density at radius 3 is 2.58 bits per heavy atom. The van der Waals surface area contributed by atoms with E-state index in [1.165, 1.54) is 5.56 Å². The van der Waals surface area contributed by atoms with E-state index in [0.717, 1.165) is 11.3 Å². The van der Waals surface area contributed by atoms with Crippen LogP contribution in [-0.4, -0.2) is 4.33 Å². The Labute approximate surface area is 87.3 Å². The Morgan fingerprint density at radius 1 is 1.42 bits per heavy atom.